The number of halogens is 3. The lowest BCUT2D eigenvalue weighted by Crippen LogP contribution is -2.49. The summed E-state index contributed by atoms with van der Waals surface area (Å²) in [6.45, 7) is 2.31. The molecule has 1 atom stereocenters. The molecule has 0 bridgehead atoms. The number of anilines is 1. The topological polar surface area (TPSA) is 105 Å². The maximum absolute atomic E-state index is 12.2. The van der Waals surface area contributed by atoms with E-state index in [0.29, 0.717) is 15.6 Å². The first-order valence-corrected chi connectivity index (χ1v) is 9.24. The molecule has 0 radical (unpaired) electrons. The molecule has 0 aliphatic carbocycles. The minimum absolute atomic E-state index is 0.0344. The van der Waals surface area contributed by atoms with Gasteiger partial charge in [-0.2, -0.15) is 13.2 Å². The highest BCUT2D eigenvalue weighted by Crippen LogP contribution is 2.29. The molecule has 144 valence electrons. The van der Waals surface area contributed by atoms with Gasteiger partial charge in [-0.1, -0.05) is 23.1 Å². The van der Waals surface area contributed by atoms with Crippen LogP contribution >= 0.6 is 23.1 Å². The van der Waals surface area contributed by atoms with Crippen LogP contribution in [0.15, 0.2) is 15.6 Å². The number of amides is 2. The van der Waals surface area contributed by atoms with Crippen molar-refractivity contribution >= 4 is 40.2 Å². The Morgan fingerprint density at radius 1 is 1.42 bits per heavy atom. The molecule has 26 heavy (non-hydrogen) atoms. The van der Waals surface area contributed by atoms with Crippen molar-refractivity contribution in [1.82, 2.24) is 20.8 Å². The molecule has 3 N–H and O–H groups in total. The molecule has 0 saturated heterocycles. The van der Waals surface area contributed by atoms with Gasteiger partial charge in [0.05, 0.1) is 18.2 Å². The fraction of sp³-hybridized carbons (Fsp3) is 0.538. The SMILES string of the molecule is CCOC(=O)C1=C(CSc2nnc(NCC(F)(F)F)s2)NC(=O)NC1C. The summed E-state index contributed by atoms with van der Waals surface area (Å²) in [5.74, 6) is -0.368. The van der Waals surface area contributed by atoms with E-state index in [1.807, 2.05) is 0 Å². The van der Waals surface area contributed by atoms with Crippen molar-refractivity contribution < 1.29 is 27.5 Å². The van der Waals surface area contributed by atoms with Crippen LogP contribution in [-0.4, -0.2) is 53.3 Å². The van der Waals surface area contributed by atoms with Crippen molar-refractivity contribution in [3.05, 3.63) is 11.3 Å². The van der Waals surface area contributed by atoms with Crippen LogP contribution in [0.2, 0.25) is 0 Å². The maximum atomic E-state index is 12.2. The van der Waals surface area contributed by atoms with Crippen LogP contribution in [0.4, 0.5) is 23.1 Å². The summed E-state index contributed by atoms with van der Waals surface area (Å²) in [5, 5.41) is 14.7. The van der Waals surface area contributed by atoms with Gasteiger partial charge in [0.1, 0.15) is 6.54 Å². The average molecular weight is 411 g/mol. The standard InChI is InChI=1S/C13H16F3N5O3S2/c1-3-24-9(22)8-6(2)18-10(23)19-7(8)4-25-12-21-20-11(26-12)17-5-13(14,15)16/h6H,3-5H2,1-2H3,(H,17,20)(H2,18,19,23). The number of hydrogen-bond donors (Lipinski definition) is 3. The summed E-state index contributed by atoms with van der Waals surface area (Å²) < 4.78 is 42.0. The van der Waals surface area contributed by atoms with Crippen molar-refractivity contribution in [2.24, 2.45) is 0 Å². The van der Waals surface area contributed by atoms with Gasteiger partial charge in [-0.25, -0.2) is 9.59 Å². The maximum Gasteiger partial charge on any atom is 0.405 e. The number of alkyl halides is 3. The molecule has 1 aromatic heterocycles. The van der Waals surface area contributed by atoms with E-state index in [4.69, 9.17) is 4.74 Å². The zero-order valence-electron chi connectivity index (χ0n) is 13.8. The Morgan fingerprint density at radius 3 is 2.81 bits per heavy atom. The number of aromatic nitrogens is 2. The van der Waals surface area contributed by atoms with Crippen LogP contribution in [0.25, 0.3) is 0 Å². The molecule has 0 aromatic carbocycles. The molecule has 1 aliphatic rings. The van der Waals surface area contributed by atoms with E-state index in [9.17, 15) is 22.8 Å². The molecule has 8 nitrogen and oxygen atoms in total. The number of urea groups is 1. The normalized spacial score (nSPS) is 17.6. The number of nitrogens with one attached hydrogen (secondary N) is 3. The monoisotopic (exact) mass is 411 g/mol. The summed E-state index contributed by atoms with van der Waals surface area (Å²) in [7, 11) is 0. The Kier molecular flexibility index (Phi) is 6.69. The first-order chi connectivity index (χ1) is 12.2. The Hall–Kier alpha value is -2.02. The number of ether oxygens (including phenoxy) is 1. The van der Waals surface area contributed by atoms with Crippen molar-refractivity contribution in [2.45, 2.75) is 30.4 Å². The van der Waals surface area contributed by atoms with Crippen LogP contribution in [0.5, 0.6) is 0 Å². The number of carbonyl (C=O) groups is 2. The zero-order chi connectivity index (χ0) is 19.3. The second-order valence-corrected chi connectivity index (χ2v) is 7.26. The molecule has 0 spiro atoms. The summed E-state index contributed by atoms with van der Waals surface area (Å²) in [4.78, 5) is 23.7. The van der Waals surface area contributed by atoms with Gasteiger partial charge in [-0.3, -0.25) is 0 Å². The lowest BCUT2D eigenvalue weighted by atomic mass is 10.1. The van der Waals surface area contributed by atoms with E-state index < -0.39 is 30.8 Å². The van der Waals surface area contributed by atoms with Crippen molar-refractivity contribution in [1.29, 1.82) is 0 Å². The average Bonchev–Trinajstić information content (AvgIpc) is 2.98. The largest absolute Gasteiger partial charge is 0.463 e. The molecule has 0 fully saturated rings. The number of rotatable bonds is 7. The minimum atomic E-state index is -4.35. The first-order valence-electron chi connectivity index (χ1n) is 7.44. The molecule has 2 rings (SSSR count). The molecule has 1 unspecified atom stereocenters. The Morgan fingerprint density at radius 2 is 2.15 bits per heavy atom. The van der Waals surface area contributed by atoms with Gasteiger partial charge in [0, 0.05) is 11.4 Å². The predicted molar refractivity (Wildman–Crippen MR) is 90.0 cm³/mol. The molecular weight excluding hydrogens is 395 g/mol. The summed E-state index contributed by atoms with van der Waals surface area (Å²) in [5.41, 5.74) is 0.656. The number of carbonyl (C=O) groups excluding carboxylic acids is 2. The van der Waals surface area contributed by atoms with Crippen molar-refractivity contribution in [3.63, 3.8) is 0 Å². The molecule has 0 saturated carbocycles. The van der Waals surface area contributed by atoms with E-state index in [1.54, 1.807) is 13.8 Å². The molecule has 2 heterocycles. The number of nitrogens with zero attached hydrogens (tertiary/aromatic N) is 2. The first kappa shape index (κ1) is 20.3. The lowest BCUT2D eigenvalue weighted by molar-refractivity contribution is -0.139. The Bertz CT molecular complexity index is 707. The quantitative estimate of drug-likeness (QED) is 0.466. The van der Waals surface area contributed by atoms with Gasteiger partial charge in [-0.15, -0.1) is 10.2 Å². The minimum Gasteiger partial charge on any atom is -0.463 e. The third-order valence-electron chi connectivity index (χ3n) is 3.05. The number of esters is 1. The molecule has 2 amide bonds. The summed E-state index contributed by atoms with van der Waals surface area (Å²) in [6.07, 6.45) is -4.35. The third kappa shape index (κ3) is 5.76. The third-order valence-corrected chi connectivity index (χ3v) is 5.09. The molecule has 1 aliphatic heterocycles. The van der Waals surface area contributed by atoms with Crippen LogP contribution in [0, 0.1) is 0 Å². The molecule has 13 heteroatoms. The predicted octanol–water partition coefficient (Wildman–Crippen LogP) is 2.12. The van der Waals surface area contributed by atoms with Crippen LogP contribution in [0.3, 0.4) is 0 Å². The summed E-state index contributed by atoms with van der Waals surface area (Å²) >= 11 is 2.09. The van der Waals surface area contributed by atoms with E-state index in [-0.39, 0.29) is 17.5 Å². The Labute approximate surface area is 155 Å². The fourth-order valence-electron chi connectivity index (χ4n) is 2.04. The van der Waals surface area contributed by atoms with Crippen LogP contribution in [-0.2, 0) is 9.53 Å². The van der Waals surface area contributed by atoms with E-state index in [0.717, 1.165) is 23.1 Å². The van der Waals surface area contributed by atoms with Gasteiger partial charge in [0.25, 0.3) is 0 Å². The van der Waals surface area contributed by atoms with Gasteiger partial charge in [0.2, 0.25) is 5.13 Å². The van der Waals surface area contributed by atoms with Gasteiger partial charge in [0.15, 0.2) is 4.34 Å². The lowest BCUT2D eigenvalue weighted by Gasteiger charge is -2.26. The van der Waals surface area contributed by atoms with Gasteiger partial charge >= 0.3 is 18.2 Å². The summed E-state index contributed by atoms with van der Waals surface area (Å²) in [6, 6.07) is -0.984. The van der Waals surface area contributed by atoms with Crippen LogP contribution in [0.1, 0.15) is 13.8 Å². The molecule has 1 aromatic rings. The second kappa shape index (κ2) is 8.58. The Balaban J connectivity index is 2.05. The second-order valence-electron chi connectivity index (χ2n) is 5.06. The zero-order valence-corrected chi connectivity index (χ0v) is 15.4. The van der Waals surface area contributed by atoms with E-state index in [1.165, 1.54) is 0 Å². The highest BCUT2D eigenvalue weighted by Gasteiger charge is 2.30. The highest BCUT2D eigenvalue weighted by molar-refractivity contribution is 8.01. The molecular formula is C13H16F3N5O3S2. The van der Waals surface area contributed by atoms with Crippen molar-refractivity contribution in [3.8, 4) is 0 Å². The smallest absolute Gasteiger partial charge is 0.405 e. The number of thioether (sulfide) groups is 1. The van der Waals surface area contributed by atoms with Crippen LogP contribution < -0.4 is 16.0 Å². The van der Waals surface area contributed by atoms with E-state index >= 15 is 0 Å². The van der Waals surface area contributed by atoms with E-state index in [2.05, 4.69) is 26.1 Å². The fourth-order valence-corrected chi connectivity index (χ4v) is 3.76. The van der Waals surface area contributed by atoms with Crippen molar-refractivity contribution in [2.75, 3.05) is 24.2 Å². The highest BCUT2D eigenvalue weighted by atomic mass is 32.2. The van der Waals surface area contributed by atoms with Gasteiger partial charge < -0.3 is 20.7 Å². The van der Waals surface area contributed by atoms with Gasteiger partial charge in [-0.05, 0) is 13.8 Å². The number of hydrogen-bond acceptors (Lipinski definition) is 8.